The average Bonchev–Trinajstić information content (AvgIpc) is 3.24. The molecule has 1 amide bonds. The Morgan fingerprint density at radius 3 is 2.83 bits per heavy atom. The topological polar surface area (TPSA) is 73.0 Å². The number of carbonyl (C=O) groups is 1. The molecule has 2 heterocycles. The zero-order valence-corrected chi connectivity index (χ0v) is 13.7. The standard InChI is InChI=1S/C17H16N4O2S/c1-2-9-21-16(13-8-10-23-11-13)19-20-17(21)24-12-15(22)18-14-6-4-3-5-7-14/h2-8,10-11H,1,9,12H2,(H,18,22). The number of aromatic nitrogens is 3. The van der Waals surface area contributed by atoms with E-state index in [1.165, 1.54) is 11.8 Å². The molecule has 0 saturated carbocycles. The maximum atomic E-state index is 12.1. The second-order valence-electron chi connectivity index (χ2n) is 4.92. The predicted molar refractivity (Wildman–Crippen MR) is 93.7 cm³/mol. The number of nitrogens with zero attached hydrogens (tertiary/aromatic N) is 3. The van der Waals surface area contributed by atoms with Gasteiger partial charge in [0.15, 0.2) is 11.0 Å². The SMILES string of the molecule is C=CCn1c(SCC(=O)Nc2ccccc2)nnc1-c1ccoc1. The number of amides is 1. The van der Waals surface area contributed by atoms with Gasteiger partial charge in [-0.1, -0.05) is 36.0 Å². The summed E-state index contributed by atoms with van der Waals surface area (Å²) in [5.74, 6) is 0.842. The van der Waals surface area contributed by atoms with E-state index >= 15 is 0 Å². The Hall–Kier alpha value is -2.80. The van der Waals surface area contributed by atoms with E-state index in [9.17, 15) is 4.79 Å². The molecule has 6 nitrogen and oxygen atoms in total. The van der Waals surface area contributed by atoms with Crippen LogP contribution in [0.15, 0.2) is 71.2 Å². The average molecular weight is 340 g/mol. The smallest absolute Gasteiger partial charge is 0.234 e. The highest BCUT2D eigenvalue weighted by atomic mass is 32.2. The van der Waals surface area contributed by atoms with Crippen LogP contribution in [-0.4, -0.2) is 26.4 Å². The lowest BCUT2D eigenvalue weighted by molar-refractivity contribution is -0.113. The number of thioether (sulfide) groups is 1. The fraction of sp³-hybridized carbons (Fsp3) is 0.118. The van der Waals surface area contributed by atoms with Crippen molar-refractivity contribution < 1.29 is 9.21 Å². The van der Waals surface area contributed by atoms with Crippen LogP contribution >= 0.6 is 11.8 Å². The van der Waals surface area contributed by atoms with Crippen LogP contribution in [0.1, 0.15) is 0 Å². The van der Waals surface area contributed by atoms with Crippen molar-refractivity contribution in [2.45, 2.75) is 11.7 Å². The van der Waals surface area contributed by atoms with E-state index in [1.54, 1.807) is 18.6 Å². The minimum Gasteiger partial charge on any atom is -0.472 e. The first-order chi connectivity index (χ1) is 11.8. The number of anilines is 1. The Kier molecular flexibility index (Phi) is 5.12. The molecule has 0 aliphatic heterocycles. The van der Waals surface area contributed by atoms with Crippen LogP contribution in [0.4, 0.5) is 5.69 Å². The van der Waals surface area contributed by atoms with Gasteiger partial charge in [0, 0.05) is 12.2 Å². The first-order valence-electron chi connectivity index (χ1n) is 7.32. The molecule has 0 atom stereocenters. The van der Waals surface area contributed by atoms with E-state index < -0.39 is 0 Å². The quantitative estimate of drug-likeness (QED) is 0.527. The molecule has 0 aliphatic rings. The molecule has 2 aromatic heterocycles. The summed E-state index contributed by atoms with van der Waals surface area (Å²) >= 11 is 1.33. The highest BCUT2D eigenvalue weighted by Crippen LogP contribution is 2.24. The summed E-state index contributed by atoms with van der Waals surface area (Å²) in [7, 11) is 0. The molecule has 0 spiro atoms. The van der Waals surface area contributed by atoms with Crippen LogP contribution in [-0.2, 0) is 11.3 Å². The van der Waals surface area contributed by atoms with E-state index in [1.807, 2.05) is 41.0 Å². The lowest BCUT2D eigenvalue weighted by Crippen LogP contribution is -2.14. The van der Waals surface area contributed by atoms with Gasteiger partial charge in [0.1, 0.15) is 6.26 Å². The Morgan fingerprint density at radius 1 is 1.29 bits per heavy atom. The van der Waals surface area contributed by atoms with Gasteiger partial charge >= 0.3 is 0 Å². The van der Waals surface area contributed by atoms with Gasteiger partial charge in [-0.25, -0.2) is 0 Å². The van der Waals surface area contributed by atoms with E-state index in [0.717, 1.165) is 11.3 Å². The highest BCUT2D eigenvalue weighted by molar-refractivity contribution is 7.99. The molecular formula is C17H16N4O2S. The van der Waals surface area contributed by atoms with Gasteiger partial charge in [-0.2, -0.15) is 0 Å². The number of para-hydroxylation sites is 1. The summed E-state index contributed by atoms with van der Waals surface area (Å²) in [5, 5.41) is 11.9. The molecule has 0 aliphatic carbocycles. The van der Waals surface area contributed by atoms with Crippen molar-refractivity contribution in [2.24, 2.45) is 0 Å². The first kappa shape index (κ1) is 16.1. The Labute approximate surface area is 143 Å². The monoisotopic (exact) mass is 340 g/mol. The number of benzene rings is 1. The van der Waals surface area contributed by atoms with Gasteiger partial charge in [-0.15, -0.1) is 16.8 Å². The van der Waals surface area contributed by atoms with Crippen LogP contribution in [0.2, 0.25) is 0 Å². The van der Waals surface area contributed by atoms with E-state index in [2.05, 4.69) is 22.1 Å². The summed E-state index contributed by atoms with van der Waals surface area (Å²) in [5.41, 5.74) is 1.61. The van der Waals surface area contributed by atoms with Crippen LogP contribution in [0.3, 0.4) is 0 Å². The fourth-order valence-corrected chi connectivity index (χ4v) is 2.89. The Bertz CT molecular complexity index is 813. The molecule has 0 radical (unpaired) electrons. The molecule has 1 N–H and O–H groups in total. The molecule has 24 heavy (non-hydrogen) atoms. The van der Waals surface area contributed by atoms with Crippen molar-refractivity contribution >= 4 is 23.4 Å². The number of rotatable bonds is 7. The third-order valence-corrected chi connectivity index (χ3v) is 4.16. The third-order valence-electron chi connectivity index (χ3n) is 3.20. The molecule has 0 fully saturated rings. The fourth-order valence-electron chi connectivity index (χ4n) is 2.14. The Balaban J connectivity index is 1.69. The predicted octanol–water partition coefficient (Wildman–Crippen LogP) is 3.45. The maximum Gasteiger partial charge on any atom is 0.234 e. The first-order valence-corrected chi connectivity index (χ1v) is 8.31. The Morgan fingerprint density at radius 2 is 2.12 bits per heavy atom. The maximum absolute atomic E-state index is 12.1. The third kappa shape index (κ3) is 3.75. The van der Waals surface area contributed by atoms with Crippen molar-refractivity contribution in [3.8, 4) is 11.4 Å². The lowest BCUT2D eigenvalue weighted by Gasteiger charge is -2.07. The largest absolute Gasteiger partial charge is 0.472 e. The highest BCUT2D eigenvalue weighted by Gasteiger charge is 2.15. The van der Waals surface area contributed by atoms with Gasteiger partial charge in [-0.05, 0) is 18.2 Å². The van der Waals surface area contributed by atoms with Crippen LogP contribution in [0.25, 0.3) is 11.4 Å². The minimum atomic E-state index is -0.0933. The summed E-state index contributed by atoms with van der Waals surface area (Å²) < 4.78 is 7.00. The summed E-state index contributed by atoms with van der Waals surface area (Å²) in [4.78, 5) is 12.1. The van der Waals surface area contributed by atoms with Crippen molar-refractivity contribution in [1.82, 2.24) is 14.8 Å². The summed E-state index contributed by atoms with van der Waals surface area (Å²) in [6.07, 6.45) is 4.96. The zero-order valence-electron chi connectivity index (χ0n) is 12.9. The number of nitrogens with one attached hydrogen (secondary N) is 1. The molecule has 3 rings (SSSR count). The molecular weight excluding hydrogens is 324 g/mol. The molecule has 0 unspecified atom stereocenters. The molecule has 3 aromatic rings. The number of carbonyl (C=O) groups excluding carboxylic acids is 1. The molecule has 1 aromatic carbocycles. The van der Waals surface area contributed by atoms with Crippen LogP contribution in [0, 0.1) is 0 Å². The second-order valence-corrected chi connectivity index (χ2v) is 5.86. The van der Waals surface area contributed by atoms with Crippen LogP contribution in [0.5, 0.6) is 0 Å². The second kappa shape index (κ2) is 7.65. The van der Waals surface area contributed by atoms with E-state index in [4.69, 9.17) is 4.42 Å². The summed E-state index contributed by atoms with van der Waals surface area (Å²) in [6, 6.07) is 11.2. The van der Waals surface area contributed by atoms with Gasteiger partial charge in [-0.3, -0.25) is 9.36 Å². The molecule has 0 bridgehead atoms. The lowest BCUT2D eigenvalue weighted by atomic mass is 10.3. The van der Waals surface area contributed by atoms with E-state index in [0.29, 0.717) is 17.5 Å². The van der Waals surface area contributed by atoms with Crippen molar-refractivity contribution in [1.29, 1.82) is 0 Å². The number of furan rings is 1. The molecule has 122 valence electrons. The van der Waals surface area contributed by atoms with Gasteiger partial charge < -0.3 is 9.73 Å². The van der Waals surface area contributed by atoms with Crippen LogP contribution < -0.4 is 5.32 Å². The number of allylic oxidation sites excluding steroid dienone is 1. The normalized spacial score (nSPS) is 10.5. The number of hydrogen-bond acceptors (Lipinski definition) is 5. The molecule has 7 heteroatoms. The van der Waals surface area contributed by atoms with Crippen molar-refractivity contribution in [3.63, 3.8) is 0 Å². The number of hydrogen-bond donors (Lipinski definition) is 1. The molecule has 0 saturated heterocycles. The van der Waals surface area contributed by atoms with Gasteiger partial charge in [0.2, 0.25) is 5.91 Å². The zero-order chi connectivity index (χ0) is 16.8. The van der Waals surface area contributed by atoms with Gasteiger partial charge in [0.05, 0.1) is 17.6 Å². The van der Waals surface area contributed by atoms with Crippen molar-refractivity contribution in [2.75, 3.05) is 11.1 Å². The van der Waals surface area contributed by atoms with Crippen molar-refractivity contribution in [3.05, 3.63) is 61.6 Å². The van der Waals surface area contributed by atoms with Gasteiger partial charge in [0.25, 0.3) is 0 Å². The minimum absolute atomic E-state index is 0.0933. The van der Waals surface area contributed by atoms with E-state index in [-0.39, 0.29) is 11.7 Å². The summed E-state index contributed by atoms with van der Waals surface area (Å²) in [6.45, 7) is 4.31.